The third-order valence-corrected chi connectivity index (χ3v) is 12.9. The van der Waals surface area contributed by atoms with Crippen LogP contribution in [-0.2, 0) is 0 Å². The predicted octanol–water partition coefficient (Wildman–Crippen LogP) is 15.4. The first-order valence-corrected chi connectivity index (χ1v) is 20.6. The van der Waals surface area contributed by atoms with Gasteiger partial charge in [0, 0.05) is 70.7 Å². The first-order valence-electron chi connectivity index (χ1n) is 19.8. The number of anilines is 3. The lowest BCUT2D eigenvalue weighted by Gasteiger charge is -2.27. The van der Waals surface area contributed by atoms with Crippen molar-refractivity contribution in [2.75, 3.05) is 4.90 Å². The summed E-state index contributed by atoms with van der Waals surface area (Å²) in [4.78, 5) is 2.41. The molecule has 12 rings (SSSR count). The highest BCUT2D eigenvalue weighted by Crippen LogP contribution is 2.43. The number of thiophene rings is 1. The summed E-state index contributed by atoms with van der Waals surface area (Å²) in [7, 11) is 0. The summed E-state index contributed by atoms with van der Waals surface area (Å²) < 4.78 is 7.36. The molecule has 0 saturated heterocycles. The van der Waals surface area contributed by atoms with Crippen LogP contribution in [0, 0.1) is 0 Å². The fourth-order valence-electron chi connectivity index (χ4n) is 9.05. The third-order valence-electron chi connectivity index (χ3n) is 11.7. The molecule has 0 spiro atoms. The van der Waals surface area contributed by atoms with Gasteiger partial charge in [-0.15, -0.1) is 11.3 Å². The van der Waals surface area contributed by atoms with Crippen LogP contribution in [0.5, 0.6) is 0 Å². The molecule has 0 bridgehead atoms. The van der Waals surface area contributed by atoms with Gasteiger partial charge < -0.3 is 14.0 Å². The summed E-state index contributed by atoms with van der Waals surface area (Å²) in [5.41, 5.74) is 11.7. The zero-order chi connectivity index (χ0) is 38.2. The van der Waals surface area contributed by atoms with Gasteiger partial charge in [-0.1, -0.05) is 121 Å². The van der Waals surface area contributed by atoms with Crippen LogP contribution in [-0.4, -0.2) is 9.13 Å². The number of aromatic nitrogens is 2. The van der Waals surface area contributed by atoms with E-state index in [1.165, 1.54) is 80.5 Å². The Bertz CT molecular complexity index is 3490. The van der Waals surface area contributed by atoms with Crippen molar-refractivity contribution in [3.8, 4) is 22.5 Å². The summed E-state index contributed by atoms with van der Waals surface area (Å²) in [5.74, 6) is 0. The van der Waals surface area contributed by atoms with E-state index in [1.54, 1.807) is 0 Å². The molecule has 0 fully saturated rings. The van der Waals surface area contributed by atoms with E-state index in [4.69, 9.17) is 0 Å². The maximum atomic E-state index is 2.41. The lowest BCUT2D eigenvalue weighted by Crippen LogP contribution is -2.10. The Kier molecular flexibility index (Phi) is 7.40. The van der Waals surface area contributed by atoms with Crippen LogP contribution in [0.2, 0.25) is 0 Å². The van der Waals surface area contributed by atoms with E-state index in [0.717, 1.165) is 22.7 Å². The van der Waals surface area contributed by atoms with Gasteiger partial charge in [0.15, 0.2) is 0 Å². The summed E-state index contributed by atoms with van der Waals surface area (Å²) in [6.45, 7) is 0. The summed E-state index contributed by atoms with van der Waals surface area (Å²) >= 11 is 1.86. The average Bonchev–Trinajstić information content (AvgIpc) is 3.99. The minimum atomic E-state index is 1.12. The Morgan fingerprint density at radius 3 is 1.91 bits per heavy atom. The highest BCUT2D eigenvalue weighted by atomic mass is 32.1. The van der Waals surface area contributed by atoms with Crippen LogP contribution in [0.4, 0.5) is 17.1 Å². The van der Waals surface area contributed by atoms with Crippen molar-refractivity contribution in [3.05, 3.63) is 212 Å². The van der Waals surface area contributed by atoms with Gasteiger partial charge >= 0.3 is 0 Å². The molecular weight excluding hydrogens is 723 g/mol. The van der Waals surface area contributed by atoms with Gasteiger partial charge in [0.25, 0.3) is 0 Å². The minimum absolute atomic E-state index is 1.12. The molecule has 0 unspecified atom stereocenters. The molecule has 0 aliphatic heterocycles. The topological polar surface area (TPSA) is 13.1 Å². The molecule has 0 radical (unpaired) electrons. The van der Waals surface area contributed by atoms with Gasteiger partial charge in [0.05, 0.1) is 22.2 Å². The lowest BCUT2D eigenvalue weighted by molar-refractivity contribution is 1.13. The average molecular weight is 758 g/mol. The SMILES string of the molecule is c1ccc(-n2c3ccccc3c3c4c(ccc32)ccn4-c2ccc(-c3ccc(N(c4ccc5sc6ccccc6c5c4)c4cccc5ccccc45)cc3)cc2)cc1. The second-order valence-corrected chi connectivity index (χ2v) is 16.1. The second kappa shape index (κ2) is 13.1. The number of para-hydroxylation sites is 2. The second-order valence-electron chi connectivity index (χ2n) is 15.0. The van der Waals surface area contributed by atoms with Gasteiger partial charge in [0.2, 0.25) is 0 Å². The Hall–Kier alpha value is -7.40. The van der Waals surface area contributed by atoms with Gasteiger partial charge in [-0.3, -0.25) is 0 Å². The lowest BCUT2D eigenvalue weighted by atomic mass is 10.0. The summed E-state index contributed by atoms with van der Waals surface area (Å²) in [6.07, 6.45) is 2.21. The van der Waals surface area contributed by atoms with Crippen LogP contribution in [0.25, 0.3) is 86.2 Å². The van der Waals surface area contributed by atoms with Crippen LogP contribution >= 0.6 is 11.3 Å². The third kappa shape index (κ3) is 5.12. The van der Waals surface area contributed by atoms with Crippen LogP contribution in [0.1, 0.15) is 0 Å². The fraction of sp³-hybridized carbons (Fsp3) is 0. The largest absolute Gasteiger partial charge is 0.316 e. The summed E-state index contributed by atoms with van der Waals surface area (Å²) in [6, 6.07) is 75.2. The van der Waals surface area contributed by atoms with E-state index >= 15 is 0 Å². The Balaban J connectivity index is 0.940. The molecule has 0 aliphatic carbocycles. The molecule has 12 aromatic rings. The van der Waals surface area contributed by atoms with E-state index in [9.17, 15) is 0 Å². The Morgan fingerprint density at radius 1 is 0.397 bits per heavy atom. The number of hydrogen-bond donors (Lipinski definition) is 0. The van der Waals surface area contributed by atoms with Crippen LogP contribution in [0.15, 0.2) is 212 Å². The van der Waals surface area contributed by atoms with Crippen LogP contribution in [0.3, 0.4) is 0 Å². The first-order chi connectivity index (χ1) is 28.8. The number of rotatable bonds is 6. The monoisotopic (exact) mass is 757 g/mol. The highest BCUT2D eigenvalue weighted by molar-refractivity contribution is 7.25. The minimum Gasteiger partial charge on any atom is -0.316 e. The van der Waals surface area contributed by atoms with Crippen molar-refractivity contribution in [1.82, 2.24) is 9.13 Å². The maximum Gasteiger partial charge on any atom is 0.0628 e. The van der Waals surface area contributed by atoms with Crippen molar-refractivity contribution in [3.63, 3.8) is 0 Å². The first kappa shape index (κ1) is 32.8. The standard InChI is InChI=1S/C54H35N3S/c1-2-13-41(14-3-1)57-49-18-8-6-17-46(49)53-50(57)31-25-39-33-34-55(54(39)53)40-26-21-36(22-27-40)37-23-28-42(29-24-37)56(48-19-10-12-38-11-4-5-15-44(38)48)43-30-32-52-47(35-43)45-16-7-9-20-51(45)58-52/h1-35H. The predicted molar refractivity (Wildman–Crippen MR) is 248 cm³/mol. The highest BCUT2D eigenvalue weighted by Gasteiger charge is 2.19. The molecular formula is C54H35N3S. The van der Waals surface area contributed by atoms with Crippen molar-refractivity contribution in [2.45, 2.75) is 0 Å². The number of nitrogens with zero attached hydrogens (tertiary/aromatic N) is 3. The molecule has 0 saturated carbocycles. The van der Waals surface area contributed by atoms with Gasteiger partial charge in [-0.05, 0) is 101 Å². The van der Waals surface area contributed by atoms with Gasteiger partial charge in [-0.25, -0.2) is 0 Å². The number of hydrogen-bond acceptors (Lipinski definition) is 2. The molecule has 0 N–H and O–H groups in total. The van der Waals surface area contributed by atoms with E-state index in [2.05, 4.69) is 226 Å². The van der Waals surface area contributed by atoms with E-state index in [-0.39, 0.29) is 0 Å². The Morgan fingerprint density at radius 2 is 1.07 bits per heavy atom. The smallest absolute Gasteiger partial charge is 0.0628 e. The van der Waals surface area contributed by atoms with Crippen molar-refractivity contribution >= 4 is 92.1 Å². The number of fused-ring (bicyclic) bond motifs is 9. The summed E-state index contributed by atoms with van der Waals surface area (Å²) in [5, 5.41) is 8.79. The van der Waals surface area contributed by atoms with E-state index in [0.29, 0.717) is 0 Å². The molecule has 3 aromatic heterocycles. The van der Waals surface area contributed by atoms with Crippen LogP contribution < -0.4 is 4.90 Å². The van der Waals surface area contributed by atoms with Crippen molar-refractivity contribution in [1.29, 1.82) is 0 Å². The normalized spacial score (nSPS) is 11.8. The molecule has 0 amide bonds. The molecule has 9 aromatic carbocycles. The molecule has 58 heavy (non-hydrogen) atoms. The van der Waals surface area contributed by atoms with Gasteiger partial charge in [-0.2, -0.15) is 0 Å². The molecule has 4 heteroatoms. The zero-order valence-corrected chi connectivity index (χ0v) is 32.3. The fourth-order valence-corrected chi connectivity index (χ4v) is 10.1. The molecule has 0 aliphatic rings. The number of benzene rings is 9. The maximum absolute atomic E-state index is 2.41. The van der Waals surface area contributed by atoms with E-state index < -0.39 is 0 Å². The quantitative estimate of drug-likeness (QED) is 0.165. The van der Waals surface area contributed by atoms with Gasteiger partial charge in [0.1, 0.15) is 0 Å². The molecule has 272 valence electrons. The Labute approximate surface area is 339 Å². The molecule has 0 atom stereocenters. The van der Waals surface area contributed by atoms with Crippen molar-refractivity contribution < 1.29 is 0 Å². The molecule has 3 heterocycles. The van der Waals surface area contributed by atoms with Crippen molar-refractivity contribution in [2.24, 2.45) is 0 Å². The van der Waals surface area contributed by atoms with E-state index in [1.807, 2.05) is 11.3 Å². The molecule has 3 nitrogen and oxygen atoms in total. The zero-order valence-electron chi connectivity index (χ0n) is 31.5.